The normalized spacial score (nSPS) is 12.0. The van der Waals surface area contributed by atoms with E-state index in [0.717, 1.165) is 6.42 Å². The molecule has 0 aromatic carbocycles. The molecule has 2 N–H and O–H groups in total. The number of nitrogens with two attached hydrogens (primary N) is 1. The van der Waals surface area contributed by atoms with Gasteiger partial charge >= 0.3 is 0 Å². The Bertz CT molecular complexity index is 324. The van der Waals surface area contributed by atoms with Gasteiger partial charge in [-0.1, -0.05) is 0 Å². The zero-order valence-electron chi connectivity index (χ0n) is 7.90. The Morgan fingerprint density at radius 2 is 2.50 bits per heavy atom. The maximum absolute atomic E-state index is 11.4. The van der Waals surface area contributed by atoms with Gasteiger partial charge in [0.2, 0.25) is 0 Å². The lowest BCUT2D eigenvalue weighted by atomic mass is 10.0. The van der Waals surface area contributed by atoms with Crippen molar-refractivity contribution < 1.29 is 4.79 Å². The number of carbonyl (C=O) groups excluding carboxylic acids is 1. The minimum atomic E-state index is -0.487. The zero-order chi connectivity index (χ0) is 10.4. The molecule has 3 heteroatoms. The number of hydrogen-bond donors (Lipinski definition) is 1. The van der Waals surface area contributed by atoms with E-state index in [4.69, 9.17) is 12.2 Å². The van der Waals surface area contributed by atoms with Gasteiger partial charge in [0, 0.05) is 12.8 Å². The molecule has 0 aliphatic carbocycles. The summed E-state index contributed by atoms with van der Waals surface area (Å²) in [5.74, 6) is 2.45. The fraction of sp³-hybridized carbons (Fsp3) is 0.364. The summed E-state index contributed by atoms with van der Waals surface area (Å²) in [6.07, 6.45) is 6.66. The molecule has 0 radical (unpaired) electrons. The number of ketones is 1. The first-order valence-electron chi connectivity index (χ1n) is 4.47. The van der Waals surface area contributed by atoms with Crippen LogP contribution >= 0.6 is 11.3 Å². The molecule has 0 bridgehead atoms. The van der Waals surface area contributed by atoms with Crippen LogP contribution < -0.4 is 5.73 Å². The van der Waals surface area contributed by atoms with Gasteiger partial charge < -0.3 is 5.73 Å². The summed E-state index contributed by atoms with van der Waals surface area (Å²) in [7, 11) is 0. The molecule has 0 saturated carbocycles. The third-order valence-electron chi connectivity index (χ3n) is 1.99. The van der Waals surface area contributed by atoms with Crippen LogP contribution in [0.3, 0.4) is 0 Å². The summed E-state index contributed by atoms with van der Waals surface area (Å²) < 4.78 is 0. The van der Waals surface area contributed by atoms with Crippen LogP contribution in [-0.2, 0) is 11.2 Å². The summed E-state index contributed by atoms with van der Waals surface area (Å²) in [4.78, 5) is 11.4. The van der Waals surface area contributed by atoms with E-state index in [2.05, 4.69) is 5.92 Å². The molecule has 1 rings (SSSR count). The number of rotatable bonds is 5. The second-order valence-corrected chi connectivity index (χ2v) is 3.89. The fourth-order valence-corrected chi connectivity index (χ4v) is 1.83. The van der Waals surface area contributed by atoms with E-state index in [9.17, 15) is 4.79 Å². The summed E-state index contributed by atoms with van der Waals surface area (Å²) in [5.41, 5.74) is 6.77. The average molecular weight is 207 g/mol. The van der Waals surface area contributed by atoms with Gasteiger partial charge in [0.1, 0.15) is 0 Å². The van der Waals surface area contributed by atoms with Gasteiger partial charge in [-0.2, -0.15) is 11.3 Å². The molecule has 0 spiro atoms. The van der Waals surface area contributed by atoms with E-state index in [1.807, 2.05) is 16.8 Å². The van der Waals surface area contributed by atoms with Gasteiger partial charge in [-0.05, 0) is 28.8 Å². The molecule has 1 aromatic heterocycles. The van der Waals surface area contributed by atoms with Gasteiger partial charge in [0.25, 0.3) is 0 Å². The highest BCUT2D eigenvalue weighted by Crippen LogP contribution is 2.09. The van der Waals surface area contributed by atoms with E-state index in [-0.39, 0.29) is 5.78 Å². The molecule has 0 saturated heterocycles. The van der Waals surface area contributed by atoms with Crippen LogP contribution in [-0.4, -0.2) is 11.8 Å². The molecule has 1 heterocycles. The first-order valence-corrected chi connectivity index (χ1v) is 5.41. The lowest BCUT2D eigenvalue weighted by molar-refractivity contribution is -0.120. The van der Waals surface area contributed by atoms with Crippen LogP contribution in [0.2, 0.25) is 0 Å². The van der Waals surface area contributed by atoms with E-state index in [1.54, 1.807) is 11.3 Å². The monoisotopic (exact) mass is 207 g/mol. The summed E-state index contributed by atoms with van der Waals surface area (Å²) in [5, 5.41) is 4.04. The predicted octanol–water partition coefficient (Wildman–Crippen LogP) is 1.60. The zero-order valence-corrected chi connectivity index (χ0v) is 8.72. The van der Waals surface area contributed by atoms with Crippen molar-refractivity contribution in [2.45, 2.75) is 25.3 Å². The Kier molecular flexibility index (Phi) is 4.37. The first kappa shape index (κ1) is 11.0. The highest BCUT2D eigenvalue weighted by molar-refractivity contribution is 7.07. The molecule has 1 atom stereocenters. The smallest absolute Gasteiger partial charge is 0.150 e. The Balaban J connectivity index is 2.32. The van der Waals surface area contributed by atoms with Crippen LogP contribution in [0.4, 0.5) is 0 Å². The van der Waals surface area contributed by atoms with Gasteiger partial charge in [-0.3, -0.25) is 4.79 Å². The minimum absolute atomic E-state index is 0.0501. The van der Waals surface area contributed by atoms with Crippen molar-refractivity contribution >= 4 is 17.1 Å². The van der Waals surface area contributed by atoms with Crippen molar-refractivity contribution in [1.29, 1.82) is 0 Å². The van der Waals surface area contributed by atoms with Crippen LogP contribution in [0.1, 0.15) is 18.4 Å². The predicted molar refractivity (Wildman–Crippen MR) is 59.1 cm³/mol. The second-order valence-electron chi connectivity index (χ2n) is 3.11. The van der Waals surface area contributed by atoms with Crippen molar-refractivity contribution in [2.75, 3.05) is 0 Å². The third kappa shape index (κ3) is 3.33. The number of aryl methyl sites for hydroxylation is 1. The number of carbonyl (C=O) groups is 1. The van der Waals surface area contributed by atoms with Gasteiger partial charge in [-0.25, -0.2) is 0 Å². The minimum Gasteiger partial charge on any atom is -0.321 e. The van der Waals surface area contributed by atoms with Gasteiger partial charge in [0.15, 0.2) is 5.78 Å². The Labute approximate surface area is 88.1 Å². The SMILES string of the molecule is C#CCC(N)C(=O)CCc1ccsc1. The van der Waals surface area contributed by atoms with Crippen molar-refractivity contribution in [3.8, 4) is 12.3 Å². The average Bonchev–Trinajstić information content (AvgIpc) is 2.67. The van der Waals surface area contributed by atoms with Crippen molar-refractivity contribution in [1.82, 2.24) is 0 Å². The van der Waals surface area contributed by atoms with Crippen molar-refractivity contribution in [2.24, 2.45) is 5.73 Å². The van der Waals surface area contributed by atoms with E-state index in [0.29, 0.717) is 12.8 Å². The van der Waals surface area contributed by atoms with Crippen LogP contribution in [0, 0.1) is 12.3 Å². The van der Waals surface area contributed by atoms with Crippen LogP contribution in [0.15, 0.2) is 16.8 Å². The Morgan fingerprint density at radius 3 is 3.07 bits per heavy atom. The molecular formula is C11H13NOS. The van der Waals surface area contributed by atoms with E-state index < -0.39 is 6.04 Å². The number of terminal acetylenes is 1. The molecule has 0 aliphatic rings. The Morgan fingerprint density at radius 1 is 1.71 bits per heavy atom. The van der Waals surface area contributed by atoms with Crippen molar-refractivity contribution in [3.05, 3.63) is 22.4 Å². The highest BCUT2D eigenvalue weighted by atomic mass is 32.1. The van der Waals surface area contributed by atoms with E-state index >= 15 is 0 Å². The maximum atomic E-state index is 11.4. The van der Waals surface area contributed by atoms with Gasteiger partial charge in [-0.15, -0.1) is 12.3 Å². The standard InChI is InChI=1S/C11H13NOS/c1-2-3-10(12)11(13)5-4-9-6-7-14-8-9/h1,6-8,10H,3-5,12H2. The molecule has 14 heavy (non-hydrogen) atoms. The first-order chi connectivity index (χ1) is 6.74. The molecule has 0 aliphatic heterocycles. The van der Waals surface area contributed by atoms with Gasteiger partial charge in [0.05, 0.1) is 6.04 Å². The number of thiophene rings is 1. The second kappa shape index (κ2) is 5.58. The molecule has 0 amide bonds. The number of Topliss-reactive ketones (excluding diaryl/α,β-unsaturated/α-hetero) is 1. The molecule has 2 nitrogen and oxygen atoms in total. The quantitative estimate of drug-likeness (QED) is 0.745. The third-order valence-corrected chi connectivity index (χ3v) is 2.72. The topological polar surface area (TPSA) is 43.1 Å². The maximum Gasteiger partial charge on any atom is 0.150 e. The van der Waals surface area contributed by atoms with E-state index in [1.165, 1.54) is 5.56 Å². The van der Waals surface area contributed by atoms with Crippen molar-refractivity contribution in [3.63, 3.8) is 0 Å². The molecular weight excluding hydrogens is 194 g/mol. The summed E-state index contributed by atoms with van der Waals surface area (Å²) in [6, 6.07) is 1.53. The van der Waals surface area contributed by atoms with Crippen LogP contribution in [0.5, 0.6) is 0 Å². The summed E-state index contributed by atoms with van der Waals surface area (Å²) >= 11 is 1.64. The highest BCUT2D eigenvalue weighted by Gasteiger charge is 2.11. The largest absolute Gasteiger partial charge is 0.321 e. The summed E-state index contributed by atoms with van der Waals surface area (Å²) in [6.45, 7) is 0. The fourth-order valence-electron chi connectivity index (χ4n) is 1.13. The lowest BCUT2D eigenvalue weighted by Crippen LogP contribution is -2.30. The molecule has 1 unspecified atom stereocenters. The Hall–Kier alpha value is -1.11. The molecule has 0 fully saturated rings. The van der Waals surface area contributed by atoms with Crippen LogP contribution in [0.25, 0.3) is 0 Å². The lowest BCUT2D eigenvalue weighted by Gasteiger charge is -2.05. The number of hydrogen-bond acceptors (Lipinski definition) is 3. The molecule has 1 aromatic rings. The molecule has 74 valence electrons.